The van der Waals surface area contributed by atoms with Gasteiger partial charge in [-0.25, -0.2) is 21.6 Å². The highest BCUT2D eigenvalue weighted by Gasteiger charge is 2.24. The summed E-state index contributed by atoms with van der Waals surface area (Å²) >= 11 is 0. The van der Waals surface area contributed by atoms with Gasteiger partial charge >= 0.3 is 0 Å². The van der Waals surface area contributed by atoms with Gasteiger partial charge in [0, 0.05) is 32.6 Å². The molecule has 1 amide bonds. The molecule has 164 valence electrons. The molecule has 0 aliphatic carbocycles. The highest BCUT2D eigenvalue weighted by Crippen LogP contribution is 2.21. The summed E-state index contributed by atoms with van der Waals surface area (Å²) < 4.78 is 58.4. The van der Waals surface area contributed by atoms with Gasteiger partial charge in [-0.05, 0) is 31.9 Å². The van der Waals surface area contributed by atoms with E-state index in [-0.39, 0.29) is 30.2 Å². The van der Waals surface area contributed by atoms with Crippen molar-refractivity contribution in [3.63, 3.8) is 0 Å². The molecule has 1 saturated heterocycles. The predicted octanol–water partition coefficient (Wildman–Crippen LogP) is 0.0585. The van der Waals surface area contributed by atoms with E-state index in [1.165, 1.54) is 4.31 Å². The number of morpholine rings is 1. The van der Waals surface area contributed by atoms with Crippen molar-refractivity contribution in [2.75, 3.05) is 45.1 Å². The van der Waals surface area contributed by atoms with Crippen LogP contribution in [-0.2, 0) is 29.6 Å². The fraction of sp³-hybridized carbons (Fsp3) is 0.611. The molecule has 0 radical (unpaired) electrons. The van der Waals surface area contributed by atoms with E-state index in [0.717, 1.165) is 5.56 Å². The second-order valence-electron chi connectivity index (χ2n) is 7.05. The van der Waals surface area contributed by atoms with Gasteiger partial charge in [-0.3, -0.25) is 4.79 Å². The number of benzene rings is 1. The summed E-state index contributed by atoms with van der Waals surface area (Å²) in [6.45, 7) is 6.63. The molecule has 0 bridgehead atoms. The first-order chi connectivity index (χ1) is 13.5. The molecule has 1 aliphatic rings. The average molecular weight is 448 g/mol. The van der Waals surface area contributed by atoms with Crippen LogP contribution in [0.4, 0.5) is 0 Å². The van der Waals surface area contributed by atoms with Gasteiger partial charge < -0.3 is 10.1 Å². The third kappa shape index (κ3) is 6.75. The van der Waals surface area contributed by atoms with Gasteiger partial charge in [-0.15, -0.1) is 0 Å². The minimum atomic E-state index is -3.74. The second kappa shape index (κ2) is 9.98. The third-order valence-electron chi connectivity index (χ3n) is 4.56. The third-order valence-corrected chi connectivity index (χ3v) is 8.20. The molecule has 0 saturated carbocycles. The number of aryl methyl sites for hydroxylation is 3. The Bertz CT molecular complexity index is 915. The molecular formula is C18H29N3O6S2. The standard InChI is InChI=1S/C18H29N3O6S2/c1-14-12-15(2)18(16(3)13-14)29(25,26)20-5-4-17(22)19-6-11-28(23,24)21-7-9-27-10-8-21/h12-13,20H,4-11H2,1-3H3,(H,19,22). The van der Waals surface area contributed by atoms with Crippen LogP contribution in [0, 0.1) is 20.8 Å². The lowest BCUT2D eigenvalue weighted by atomic mass is 10.1. The smallest absolute Gasteiger partial charge is 0.241 e. The lowest BCUT2D eigenvalue weighted by Crippen LogP contribution is -2.44. The minimum Gasteiger partial charge on any atom is -0.379 e. The zero-order chi connectivity index (χ0) is 21.7. The highest BCUT2D eigenvalue weighted by atomic mass is 32.2. The molecular weight excluding hydrogens is 418 g/mol. The Labute approximate surface area is 172 Å². The van der Waals surface area contributed by atoms with Crippen LogP contribution in [0.2, 0.25) is 0 Å². The topological polar surface area (TPSA) is 122 Å². The van der Waals surface area contributed by atoms with Crippen molar-refractivity contribution < 1.29 is 26.4 Å². The quantitative estimate of drug-likeness (QED) is 0.552. The van der Waals surface area contributed by atoms with Crippen LogP contribution in [0.5, 0.6) is 0 Å². The van der Waals surface area contributed by atoms with Crippen molar-refractivity contribution in [1.29, 1.82) is 0 Å². The molecule has 2 rings (SSSR count). The molecule has 9 nitrogen and oxygen atoms in total. The molecule has 1 aromatic rings. The number of amides is 1. The lowest BCUT2D eigenvalue weighted by molar-refractivity contribution is -0.120. The van der Waals surface area contributed by atoms with E-state index in [1.807, 2.05) is 6.92 Å². The Balaban J connectivity index is 1.79. The van der Waals surface area contributed by atoms with E-state index >= 15 is 0 Å². The van der Waals surface area contributed by atoms with Crippen molar-refractivity contribution in [3.8, 4) is 0 Å². The van der Waals surface area contributed by atoms with Gasteiger partial charge in [0.15, 0.2) is 0 Å². The number of nitrogens with one attached hydrogen (secondary N) is 2. The Hall–Kier alpha value is -1.53. The van der Waals surface area contributed by atoms with Crippen molar-refractivity contribution in [1.82, 2.24) is 14.3 Å². The summed E-state index contributed by atoms with van der Waals surface area (Å²) in [6.07, 6.45) is -0.0826. The first-order valence-electron chi connectivity index (χ1n) is 9.43. The van der Waals surface area contributed by atoms with Crippen LogP contribution in [0.15, 0.2) is 17.0 Å². The van der Waals surface area contributed by atoms with E-state index in [2.05, 4.69) is 10.0 Å². The fourth-order valence-corrected chi connectivity index (χ4v) is 6.13. The van der Waals surface area contributed by atoms with E-state index in [9.17, 15) is 21.6 Å². The maximum atomic E-state index is 12.5. The molecule has 0 unspecified atom stereocenters. The van der Waals surface area contributed by atoms with E-state index in [0.29, 0.717) is 37.4 Å². The average Bonchev–Trinajstić information content (AvgIpc) is 2.61. The first-order valence-corrected chi connectivity index (χ1v) is 12.5. The monoisotopic (exact) mass is 447 g/mol. The summed E-state index contributed by atoms with van der Waals surface area (Å²) in [4.78, 5) is 12.2. The second-order valence-corrected chi connectivity index (χ2v) is 10.8. The van der Waals surface area contributed by atoms with Crippen LogP contribution in [0.3, 0.4) is 0 Å². The van der Waals surface area contributed by atoms with Gasteiger partial charge in [0.1, 0.15) is 0 Å². The Kier molecular flexibility index (Phi) is 8.18. The van der Waals surface area contributed by atoms with Crippen LogP contribution in [-0.4, -0.2) is 72.2 Å². The van der Waals surface area contributed by atoms with Gasteiger partial charge in [0.2, 0.25) is 26.0 Å². The van der Waals surface area contributed by atoms with E-state index < -0.39 is 26.0 Å². The Morgan fingerprint density at radius 1 is 1.03 bits per heavy atom. The zero-order valence-electron chi connectivity index (χ0n) is 17.0. The molecule has 29 heavy (non-hydrogen) atoms. The molecule has 0 aromatic heterocycles. The van der Waals surface area contributed by atoms with Crippen LogP contribution >= 0.6 is 0 Å². The molecule has 0 atom stereocenters. The van der Waals surface area contributed by atoms with Crippen molar-refractivity contribution >= 4 is 26.0 Å². The van der Waals surface area contributed by atoms with Gasteiger partial charge in [0.25, 0.3) is 0 Å². The summed E-state index contributed by atoms with van der Waals surface area (Å²) in [5.74, 6) is -0.617. The fourth-order valence-electron chi connectivity index (χ4n) is 3.32. The summed E-state index contributed by atoms with van der Waals surface area (Å²) in [5.41, 5.74) is 2.27. The number of ether oxygens (including phenoxy) is 1. The SMILES string of the molecule is Cc1cc(C)c(S(=O)(=O)NCCC(=O)NCCS(=O)(=O)N2CCOCC2)c(C)c1. The molecule has 1 fully saturated rings. The number of rotatable bonds is 9. The number of sulfonamides is 2. The molecule has 1 aliphatic heterocycles. The number of nitrogens with zero attached hydrogens (tertiary/aromatic N) is 1. The van der Waals surface area contributed by atoms with Crippen LogP contribution < -0.4 is 10.0 Å². The largest absolute Gasteiger partial charge is 0.379 e. The molecule has 11 heteroatoms. The predicted molar refractivity (Wildman–Crippen MR) is 110 cm³/mol. The number of carbonyl (C=O) groups is 1. The molecule has 0 spiro atoms. The maximum Gasteiger partial charge on any atom is 0.241 e. The first kappa shape index (κ1) is 23.7. The van der Waals surface area contributed by atoms with Crippen molar-refractivity contribution in [2.45, 2.75) is 32.1 Å². The summed E-state index contributed by atoms with van der Waals surface area (Å²) in [7, 11) is -7.18. The lowest BCUT2D eigenvalue weighted by Gasteiger charge is -2.26. The molecule has 2 N–H and O–H groups in total. The number of hydrogen-bond acceptors (Lipinski definition) is 6. The van der Waals surface area contributed by atoms with E-state index in [1.54, 1.807) is 26.0 Å². The highest BCUT2D eigenvalue weighted by molar-refractivity contribution is 7.89. The summed E-state index contributed by atoms with van der Waals surface area (Å²) in [5, 5.41) is 2.52. The van der Waals surface area contributed by atoms with E-state index in [4.69, 9.17) is 4.74 Å². The van der Waals surface area contributed by atoms with Crippen molar-refractivity contribution in [2.24, 2.45) is 0 Å². The van der Waals surface area contributed by atoms with Gasteiger partial charge in [-0.2, -0.15) is 4.31 Å². The van der Waals surface area contributed by atoms with Gasteiger partial charge in [-0.1, -0.05) is 17.7 Å². The van der Waals surface area contributed by atoms with Crippen LogP contribution in [0.1, 0.15) is 23.1 Å². The Morgan fingerprint density at radius 2 is 1.62 bits per heavy atom. The normalized spacial score (nSPS) is 16.0. The Morgan fingerprint density at radius 3 is 2.21 bits per heavy atom. The number of carbonyl (C=O) groups excluding carboxylic acids is 1. The van der Waals surface area contributed by atoms with Crippen molar-refractivity contribution in [3.05, 3.63) is 28.8 Å². The zero-order valence-corrected chi connectivity index (χ0v) is 18.7. The number of hydrogen-bond donors (Lipinski definition) is 2. The maximum absolute atomic E-state index is 12.5. The summed E-state index contributed by atoms with van der Waals surface area (Å²) in [6, 6.07) is 3.59. The van der Waals surface area contributed by atoms with Gasteiger partial charge in [0.05, 0.1) is 23.9 Å². The van der Waals surface area contributed by atoms with Crippen LogP contribution in [0.25, 0.3) is 0 Å². The minimum absolute atomic E-state index is 0.0263. The molecule has 1 aromatic carbocycles. The molecule has 1 heterocycles.